The van der Waals surface area contributed by atoms with E-state index in [9.17, 15) is 0 Å². The Hall–Kier alpha value is -1.74. The number of nitrogens with zero attached hydrogens (tertiary/aromatic N) is 2. The minimum atomic E-state index is -0.351. The molecule has 0 spiro atoms. The number of benzene rings is 2. The maximum absolute atomic E-state index is 4.37. The van der Waals surface area contributed by atoms with E-state index in [1.807, 2.05) is 36.4 Å². The summed E-state index contributed by atoms with van der Waals surface area (Å²) in [6.07, 6.45) is 0. The summed E-state index contributed by atoms with van der Waals surface area (Å²) in [7, 11) is 0. The van der Waals surface area contributed by atoms with E-state index in [2.05, 4.69) is 57.3 Å². The van der Waals surface area contributed by atoms with E-state index < -0.39 is 0 Å². The number of halogens is 1. The highest BCUT2D eigenvalue weighted by Gasteiger charge is 2.39. The van der Waals surface area contributed by atoms with E-state index in [-0.39, 0.29) is 4.32 Å². The summed E-state index contributed by atoms with van der Waals surface area (Å²) in [6.45, 7) is 2.09. The summed E-state index contributed by atoms with van der Waals surface area (Å²) in [5, 5.41) is 8.75. The van der Waals surface area contributed by atoms with Crippen molar-refractivity contribution in [2.75, 3.05) is 0 Å². The predicted molar refractivity (Wildman–Crippen MR) is 83.3 cm³/mol. The van der Waals surface area contributed by atoms with E-state index >= 15 is 0 Å². The van der Waals surface area contributed by atoms with Crippen LogP contribution in [0.25, 0.3) is 0 Å². The zero-order valence-corrected chi connectivity index (χ0v) is 12.1. The quantitative estimate of drug-likeness (QED) is 0.747. The number of alkyl halides is 1. The van der Waals surface area contributed by atoms with Crippen LogP contribution in [-0.2, 0) is 0 Å². The Morgan fingerprint density at radius 3 is 1.47 bits per heavy atom. The van der Waals surface area contributed by atoms with E-state index in [1.165, 1.54) is 0 Å². The molecule has 2 aromatic carbocycles. The maximum atomic E-state index is 4.37. The average molecular weight is 313 g/mol. The summed E-state index contributed by atoms with van der Waals surface area (Å²) in [6, 6.07) is 20.3. The fourth-order valence-electron chi connectivity index (χ4n) is 2.25. The monoisotopic (exact) mass is 312 g/mol. The van der Waals surface area contributed by atoms with Gasteiger partial charge in [0, 0.05) is 0 Å². The second kappa shape index (κ2) is 4.74. The first-order valence-electron chi connectivity index (χ1n) is 6.16. The highest BCUT2D eigenvalue weighted by Crippen LogP contribution is 2.33. The third-order valence-corrected chi connectivity index (χ3v) is 3.99. The molecule has 0 atom stereocenters. The first-order valence-corrected chi connectivity index (χ1v) is 6.95. The molecular formula is C16H13BrN2. The van der Waals surface area contributed by atoms with Crippen LogP contribution in [0.1, 0.15) is 18.1 Å². The van der Waals surface area contributed by atoms with Gasteiger partial charge in [0.2, 0.25) is 0 Å². The van der Waals surface area contributed by atoms with Gasteiger partial charge in [-0.15, -0.1) is 0 Å². The third kappa shape index (κ3) is 2.15. The number of rotatable bonds is 2. The molecule has 3 heteroatoms. The van der Waals surface area contributed by atoms with Gasteiger partial charge in [0.15, 0.2) is 0 Å². The lowest BCUT2D eigenvalue weighted by Crippen LogP contribution is -2.35. The first kappa shape index (κ1) is 12.3. The number of hydrogen-bond acceptors (Lipinski definition) is 2. The summed E-state index contributed by atoms with van der Waals surface area (Å²) in [5.74, 6) is 0. The fourth-order valence-corrected chi connectivity index (χ4v) is 2.87. The molecule has 1 heterocycles. The molecule has 0 bridgehead atoms. The van der Waals surface area contributed by atoms with Gasteiger partial charge in [0.05, 0.1) is 11.4 Å². The molecule has 94 valence electrons. The zero-order valence-electron chi connectivity index (χ0n) is 10.5. The average Bonchev–Trinajstić information content (AvgIpc) is 2.76. The summed E-state index contributed by atoms with van der Waals surface area (Å²) < 4.78 is -0.351. The summed E-state index contributed by atoms with van der Waals surface area (Å²) in [5.41, 5.74) is 4.09. The molecule has 0 radical (unpaired) electrons. The van der Waals surface area contributed by atoms with Crippen LogP contribution in [0.2, 0.25) is 0 Å². The molecule has 0 saturated heterocycles. The van der Waals surface area contributed by atoms with Gasteiger partial charge < -0.3 is 0 Å². The van der Waals surface area contributed by atoms with Crippen molar-refractivity contribution in [3.05, 3.63) is 71.8 Å². The number of hydrogen-bond donors (Lipinski definition) is 0. The molecule has 3 rings (SSSR count). The van der Waals surface area contributed by atoms with Crippen molar-refractivity contribution in [2.24, 2.45) is 10.2 Å². The molecule has 0 N–H and O–H groups in total. The SMILES string of the molecule is CC1(Br)C(c2ccccc2)=NN=C1c1ccccc1. The molecule has 1 aliphatic rings. The molecule has 0 saturated carbocycles. The molecule has 0 aliphatic carbocycles. The molecule has 0 amide bonds. The largest absolute Gasteiger partial charge is 0.153 e. The van der Waals surface area contributed by atoms with Crippen LogP contribution < -0.4 is 0 Å². The highest BCUT2D eigenvalue weighted by atomic mass is 79.9. The molecule has 2 nitrogen and oxygen atoms in total. The van der Waals surface area contributed by atoms with Crippen molar-refractivity contribution in [1.29, 1.82) is 0 Å². The molecule has 19 heavy (non-hydrogen) atoms. The Bertz CT molecular complexity index is 585. The van der Waals surface area contributed by atoms with Crippen LogP contribution in [0.5, 0.6) is 0 Å². The van der Waals surface area contributed by atoms with Crippen molar-refractivity contribution in [3.63, 3.8) is 0 Å². The van der Waals surface area contributed by atoms with Crippen molar-refractivity contribution in [3.8, 4) is 0 Å². The van der Waals surface area contributed by atoms with Crippen LogP contribution in [0.15, 0.2) is 70.9 Å². The molecule has 0 fully saturated rings. The lowest BCUT2D eigenvalue weighted by Gasteiger charge is -2.21. The molecule has 1 aliphatic heterocycles. The van der Waals surface area contributed by atoms with E-state index in [4.69, 9.17) is 0 Å². The van der Waals surface area contributed by atoms with Crippen molar-refractivity contribution < 1.29 is 0 Å². The smallest absolute Gasteiger partial charge is 0.112 e. The Labute approximate surface area is 121 Å². The summed E-state index contributed by atoms with van der Waals surface area (Å²) in [4.78, 5) is 0. The topological polar surface area (TPSA) is 24.7 Å². The van der Waals surface area contributed by atoms with Crippen molar-refractivity contribution >= 4 is 27.4 Å². The minimum Gasteiger partial charge on any atom is -0.153 e. The minimum absolute atomic E-state index is 0.351. The van der Waals surface area contributed by atoms with Crippen LogP contribution in [-0.4, -0.2) is 15.7 Å². The normalized spacial score (nSPS) is 16.9. The van der Waals surface area contributed by atoms with Crippen LogP contribution in [0.3, 0.4) is 0 Å². The lowest BCUT2D eigenvalue weighted by atomic mass is 9.91. The van der Waals surface area contributed by atoms with Gasteiger partial charge in [0.25, 0.3) is 0 Å². The first-order chi connectivity index (χ1) is 9.19. The van der Waals surface area contributed by atoms with Crippen molar-refractivity contribution in [2.45, 2.75) is 11.2 Å². The van der Waals surface area contributed by atoms with Crippen LogP contribution >= 0.6 is 15.9 Å². The summed E-state index contributed by atoms with van der Waals surface area (Å²) >= 11 is 3.79. The van der Waals surface area contributed by atoms with E-state index in [1.54, 1.807) is 0 Å². The second-order valence-corrected chi connectivity index (χ2v) is 6.22. The highest BCUT2D eigenvalue weighted by molar-refractivity contribution is 9.10. The second-order valence-electron chi connectivity index (χ2n) is 4.63. The van der Waals surface area contributed by atoms with Crippen LogP contribution in [0, 0.1) is 0 Å². The third-order valence-electron chi connectivity index (χ3n) is 3.23. The predicted octanol–water partition coefficient (Wildman–Crippen LogP) is 4.05. The Morgan fingerprint density at radius 1 is 0.737 bits per heavy atom. The van der Waals surface area contributed by atoms with Gasteiger partial charge in [-0.2, -0.15) is 10.2 Å². The van der Waals surface area contributed by atoms with Gasteiger partial charge >= 0.3 is 0 Å². The Balaban J connectivity index is 1.99. The van der Waals surface area contributed by atoms with Gasteiger partial charge in [0.1, 0.15) is 4.32 Å². The van der Waals surface area contributed by atoms with Crippen molar-refractivity contribution in [1.82, 2.24) is 0 Å². The molecule has 0 unspecified atom stereocenters. The lowest BCUT2D eigenvalue weighted by molar-refractivity contribution is 1.18. The Kier molecular flexibility index (Phi) is 3.07. The van der Waals surface area contributed by atoms with Gasteiger partial charge in [-0.3, -0.25) is 0 Å². The van der Waals surface area contributed by atoms with Gasteiger partial charge in [-0.25, -0.2) is 0 Å². The van der Waals surface area contributed by atoms with Gasteiger partial charge in [-0.05, 0) is 18.1 Å². The Morgan fingerprint density at radius 2 is 1.11 bits per heavy atom. The molecule has 0 aromatic heterocycles. The fraction of sp³-hybridized carbons (Fsp3) is 0.125. The molecular weight excluding hydrogens is 300 g/mol. The zero-order chi connectivity index (χ0) is 13.3. The van der Waals surface area contributed by atoms with Gasteiger partial charge in [-0.1, -0.05) is 76.6 Å². The van der Waals surface area contributed by atoms with E-state index in [0.29, 0.717) is 0 Å². The van der Waals surface area contributed by atoms with E-state index in [0.717, 1.165) is 22.6 Å². The van der Waals surface area contributed by atoms with Crippen LogP contribution in [0.4, 0.5) is 0 Å². The standard InChI is InChI=1S/C16H13BrN2/c1-16(17)14(12-8-4-2-5-9-12)18-19-15(16)13-10-6-3-7-11-13/h2-11H,1H3. The maximum Gasteiger partial charge on any atom is 0.112 e. The molecule has 2 aromatic rings.